The molecule has 1 spiro atoms. The van der Waals surface area contributed by atoms with E-state index in [0.717, 1.165) is 66.3 Å². The van der Waals surface area contributed by atoms with Gasteiger partial charge in [0.25, 0.3) is 5.91 Å². The van der Waals surface area contributed by atoms with Gasteiger partial charge in [-0.3, -0.25) is 4.79 Å². The number of fused-ring (bicyclic) bond motifs is 3. The van der Waals surface area contributed by atoms with Gasteiger partial charge < -0.3 is 25.1 Å². The number of nitrogens with zero attached hydrogens (tertiary/aromatic N) is 2. The van der Waals surface area contributed by atoms with E-state index in [1.807, 2.05) is 30.3 Å². The Balaban J connectivity index is 1.39. The number of amides is 1. The topological polar surface area (TPSA) is 101 Å². The number of aromatic nitrogens is 3. The summed E-state index contributed by atoms with van der Waals surface area (Å²) in [5, 5.41) is 6.58. The van der Waals surface area contributed by atoms with Crippen molar-refractivity contribution in [3.8, 4) is 34.3 Å². The van der Waals surface area contributed by atoms with Crippen LogP contribution in [-0.4, -0.2) is 47.3 Å². The van der Waals surface area contributed by atoms with Gasteiger partial charge in [-0.05, 0) is 62.7 Å². The predicted octanol–water partition coefficient (Wildman–Crippen LogP) is 2.62. The van der Waals surface area contributed by atoms with Crippen molar-refractivity contribution in [1.82, 2.24) is 25.6 Å². The average molecular weight is 417 g/mol. The number of rotatable bonds is 2. The van der Waals surface area contributed by atoms with Gasteiger partial charge in [0.2, 0.25) is 6.79 Å². The summed E-state index contributed by atoms with van der Waals surface area (Å²) in [5.74, 6) is 2.00. The zero-order valence-electron chi connectivity index (χ0n) is 17.0. The third-order valence-electron chi connectivity index (χ3n) is 6.53. The molecule has 0 radical (unpaired) electrons. The second kappa shape index (κ2) is 7.09. The summed E-state index contributed by atoms with van der Waals surface area (Å²) in [4.78, 5) is 25.4. The molecule has 8 nitrogen and oxygen atoms in total. The highest BCUT2D eigenvalue weighted by Crippen LogP contribution is 2.40. The van der Waals surface area contributed by atoms with E-state index in [-0.39, 0.29) is 18.1 Å². The van der Waals surface area contributed by atoms with Crippen LogP contribution in [0.25, 0.3) is 22.8 Å². The lowest BCUT2D eigenvalue weighted by Crippen LogP contribution is -2.47. The molecule has 3 N–H and O–H groups in total. The molecular weight excluding hydrogens is 394 g/mol. The lowest BCUT2D eigenvalue weighted by Gasteiger charge is -2.36. The minimum absolute atomic E-state index is 0.0228. The summed E-state index contributed by atoms with van der Waals surface area (Å²) >= 11 is 0. The van der Waals surface area contributed by atoms with Gasteiger partial charge in [-0.25, -0.2) is 9.97 Å². The van der Waals surface area contributed by atoms with Crippen LogP contribution in [0, 0.1) is 0 Å². The fraction of sp³-hybridized carbons (Fsp3) is 0.348. The molecule has 1 aromatic carbocycles. The third-order valence-corrected chi connectivity index (χ3v) is 6.53. The molecular formula is C23H23N5O3. The molecule has 1 unspecified atom stereocenters. The predicted molar refractivity (Wildman–Crippen MR) is 114 cm³/mol. The molecule has 1 atom stereocenters. The van der Waals surface area contributed by atoms with Gasteiger partial charge in [0.05, 0.1) is 17.0 Å². The molecule has 31 heavy (non-hydrogen) atoms. The summed E-state index contributed by atoms with van der Waals surface area (Å²) in [6, 6.07) is 9.48. The minimum atomic E-state index is -0.0574. The van der Waals surface area contributed by atoms with E-state index in [1.165, 1.54) is 0 Å². The Morgan fingerprint density at radius 1 is 1.03 bits per heavy atom. The Labute approximate surface area is 179 Å². The number of benzene rings is 1. The summed E-state index contributed by atoms with van der Waals surface area (Å²) in [6.45, 7) is 2.87. The Kier molecular flexibility index (Phi) is 4.21. The van der Waals surface area contributed by atoms with E-state index in [2.05, 4.69) is 20.6 Å². The maximum Gasteiger partial charge on any atom is 0.253 e. The summed E-state index contributed by atoms with van der Waals surface area (Å²) in [7, 11) is 0. The van der Waals surface area contributed by atoms with E-state index in [0.29, 0.717) is 18.1 Å². The second-order valence-corrected chi connectivity index (χ2v) is 8.37. The number of hydrogen-bond acceptors (Lipinski definition) is 6. The van der Waals surface area contributed by atoms with Gasteiger partial charge in [-0.1, -0.05) is 0 Å². The maximum atomic E-state index is 12.6. The van der Waals surface area contributed by atoms with Crippen molar-refractivity contribution in [2.75, 3.05) is 26.4 Å². The van der Waals surface area contributed by atoms with Crippen molar-refractivity contribution in [2.24, 2.45) is 0 Å². The van der Waals surface area contributed by atoms with Crippen LogP contribution in [0.4, 0.5) is 0 Å². The van der Waals surface area contributed by atoms with Gasteiger partial charge in [-0.2, -0.15) is 0 Å². The Morgan fingerprint density at radius 3 is 2.94 bits per heavy atom. The standard InChI is InChI=1S/C23H23N5O3/c29-22-15-11-17(27-20(15)23(12-26-22)5-1-7-24-9-6-23)16-4-8-25-21(28-16)14-2-3-18-19(10-14)31-13-30-18/h2-4,8,10-11,24,27H,1,5-7,9,12-13H2,(H,26,29). The second-order valence-electron chi connectivity index (χ2n) is 8.37. The number of nitrogens with one attached hydrogen (secondary N) is 3. The SMILES string of the molecule is O=C1NCC2(CCCNCC2)c2[nH]c(-c3ccnc(-c4ccc5c(c4)OCO5)n3)cc21. The Bertz CT molecular complexity index is 1160. The highest BCUT2D eigenvalue weighted by molar-refractivity contribution is 5.98. The smallest absolute Gasteiger partial charge is 0.253 e. The van der Waals surface area contributed by atoms with Gasteiger partial charge in [0.1, 0.15) is 0 Å². The quantitative estimate of drug-likeness (QED) is 0.593. The first-order chi connectivity index (χ1) is 15.2. The first kappa shape index (κ1) is 18.4. The Morgan fingerprint density at radius 2 is 1.97 bits per heavy atom. The third kappa shape index (κ3) is 3.06. The Hall–Kier alpha value is -3.39. The number of carbonyl (C=O) groups is 1. The van der Waals surface area contributed by atoms with Crippen molar-refractivity contribution in [1.29, 1.82) is 0 Å². The summed E-state index contributed by atoms with van der Waals surface area (Å²) in [5.41, 5.74) is 4.16. The first-order valence-electron chi connectivity index (χ1n) is 10.7. The van der Waals surface area contributed by atoms with E-state index >= 15 is 0 Å². The van der Waals surface area contributed by atoms with Gasteiger partial charge in [0, 0.05) is 29.4 Å². The van der Waals surface area contributed by atoms with Crippen molar-refractivity contribution < 1.29 is 14.3 Å². The lowest BCUT2D eigenvalue weighted by molar-refractivity contribution is 0.0919. The molecule has 0 saturated carbocycles. The summed E-state index contributed by atoms with van der Waals surface area (Å²) < 4.78 is 10.9. The number of aromatic amines is 1. The zero-order chi connectivity index (χ0) is 20.8. The highest BCUT2D eigenvalue weighted by atomic mass is 16.7. The molecule has 6 rings (SSSR count). The fourth-order valence-corrected chi connectivity index (χ4v) is 4.86. The molecule has 0 bridgehead atoms. The molecule has 158 valence electrons. The lowest BCUT2D eigenvalue weighted by atomic mass is 9.74. The van der Waals surface area contributed by atoms with Crippen LogP contribution in [0.1, 0.15) is 35.3 Å². The molecule has 2 aromatic heterocycles. The number of H-pyrrole nitrogens is 1. The van der Waals surface area contributed by atoms with Gasteiger partial charge in [-0.15, -0.1) is 0 Å². The van der Waals surface area contributed by atoms with Crippen molar-refractivity contribution in [3.63, 3.8) is 0 Å². The van der Waals surface area contributed by atoms with Crippen LogP contribution in [0.15, 0.2) is 36.5 Å². The van der Waals surface area contributed by atoms with Crippen LogP contribution >= 0.6 is 0 Å². The highest BCUT2D eigenvalue weighted by Gasteiger charge is 2.41. The molecule has 5 heterocycles. The van der Waals surface area contributed by atoms with E-state index < -0.39 is 0 Å². The minimum Gasteiger partial charge on any atom is -0.454 e. The van der Waals surface area contributed by atoms with E-state index in [9.17, 15) is 4.79 Å². The molecule has 1 saturated heterocycles. The number of carbonyl (C=O) groups excluding carboxylic acids is 1. The van der Waals surface area contributed by atoms with Crippen LogP contribution in [0.2, 0.25) is 0 Å². The van der Waals surface area contributed by atoms with E-state index in [1.54, 1.807) is 6.20 Å². The molecule has 8 heteroatoms. The van der Waals surface area contributed by atoms with Gasteiger partial charge >= 0.3 is 0 Å². The maximum absolute atomic E-state index is 12.6. The van der Waals surface area contributed by atoms with Crippen LogP contribution in [0.5, 0.6) is 11.5 Å². The average Bonchev–Trinajstić information content (AvgIpc) is 3.40. The van der Waals surface area contributed by atoms with Crippen molar-refractivity contribution in [3.05, 3.63) is 47.8 Å². The van der Waals surface area contributed by atoms with Crippen LogP contribution in [0.3, 0.4) is 0 Å². The molecule has 1 fully saturated rings. The molecule has 0 aliphatic carbocycles. The fourth-order valence-electron chi connectivity index (χ4n) is 4.86. The molecule has 3 aliphatic heterocycles. The van der Waals surface area contributed by atoms with Crippen LogP contribution in [-0.2, 0) is 5.41 Å². The zero-order valence-corrected chi connectivity index (χ0v) is 17.0. The largest absolute Gasteiger partial charge is 0.454 e. The number of hydrogen-bond donors (Lipinski definition) is 3. The van der Waals surface area contributed by atoms with Crippen molar-refractivity contribution >= 4 is 5.91 Å². The normalized spacial score (nSPS) is 22.1. The summed E-state index contributed by atoms with van der Waals surface area (Å²) in [6.07, 6.45) is 4.87. The number of ether oxygens (including phenoxy) is 2. The molecule has 3 aliphatic rings. The van der Waals surface area contributed by atoms with Crippen molar-refractivity contribution in [2.45, 2.75) is 24.7 Å². The van der Waals surface area contributed by atoms with Gasteiger partial charge in [0.15, 0.2) is 17.3 Å². The van der Waals surface area contributed by atoms with E-state index in [4.69, 9.17) is 14.5 Å². The molecule has 3 aromatic rings. The van der Waals surface area contributed by atoms with Crippen LogP contribution < -0.4 is 20.1 Å². The molecule has 1 amide bonds. The first-order valence-corrected chi connectivity index (χ1v) is 10.7. The monoisotopic (exact) mass is 417 g/mol.